The predicted octanol–water partition coefficient (Wildman–Crippen LogP) is 2.96. The Morgan fingerprint density at radius 1 is 1.44 bits per heavy atom. The molecule has 1 N–H and O–H groups in total. The zero-order valence-corrected chi connectivity index (χ0v) is 12.7. The lowest BCUT2D eigenvalue weighted by molar-refractivity contribution is 0.496. The molecule has 1 aliphatic carbocycles. The molecule has 1 saturated carbocycles. The van der Waals surface area contributed by atoms with Gasteiger partial charge in [0.05, 0.1) is 5.69 Å². The average Bonchev–Trinajstić information content (AvgIpc) is 2.88. The van der Waals surface area contributed by atoms with Crippen LogP contribution in [-0.4, -0.2) is 19.9 Å². The van der Waals surface area contributed by atoms with Gasteiger partial charge in [-0.15, -0.1) is 0 Å². The molecule has 0 radical (unpaired) electrons. The maximum Gasteiger partial charge on any atom is 0.251 e. The molecule has 0 unspecified atom stereocenters. The highest BCUT2D eigenvalue weighted by atomic mass is 35.5. The summed E-state index contributed by atoms with van der Waals surface area (Å²) in [5, 5.41) is 0. The predicted molar refractivity (Wildman–Crippen MR) is 73.6 cm³/mol. The molecule has 0 aliphatic heterocycles. The van der Waals surface area contributed by atoms with Gasteiger partial charge in [0, 0.05) is 6.54 Å². The van der Waals surface area contributed by atoms with Gasteiger partial charge in [0.1, 0.15) is 0 Å². The Bertz CT molecular complexity index is 507. The Kier molecular flexibility index (Phi) is 4.64. The third-order valence-corrected chi connectivity index (χ3v) is 6.62. The number of aryl methyl sites for hydroxylation is 1. The number of hydrogen-bond donors (Lipinski definition) is 1. The number of nitrogens with one attached hydrogen (secondary N) is 1. The smallest absolute Gasteiger partial charge is 0.229 e. The Morgan fingerprint density at radius 3 is 2.67 bits per heavy atom. The standard InChI is InChI=1S/C11H17ClN2O2S2/c1-8-10(17-11(12)14-8)18(15,16)13-7-6-9-4-2-3-5-9/h9,13H,2-7H2,1H3. The van der Waals surface area contributed by atoms with Crippen molar-refractivity contribution in [3.63, 3.8) is 0 Å². The first-order valence-corrected chi connectivity index (χ1v) is 8.79. The molecular formula is C11H17ClN2O2S2. The van der Waals surface area contributed by atoms with Crippen LogP contribution in [0, 0.1) is 12.8 Å². The summed E-state index contributed by atoms with van der Waals surface area (Å²) in [6.07, 6.45) is 5.94. The van der Waals surface area contributed by atoms with Gasteiger partial charge in [-0.25, -0.2) is 18.1 Å². The van der Waals surface area contributed by atoms with E-state index in [9.17, 15) is 8.42 Å². The van der Waals surface area contributed by atoms with Gasteiger partial charge in [-0.3, -0.25) is 0 Å². The largest absolute Gasteiger partial charge is 0.251 e. The third-order valence-electron chi connectivity index (χ3n) is 3.29. The Labute approximate surface area is 117 Å². The van der Waals surface area contributed by atoms with Crippen LogP contribution >= 0.6 is 22.9 Å². The van der Waals surface area contributed by atoms with Gasteiger partial charge in [-0.1, -0.05) is 48.6 Å². The first-order chi connectivity index (χ1) is 8.49. The summed E-state index contributed by atoms with van der Waals surface area (Å²) in [5.41, 5.74) is 0.471. The molecule has 0 amide bonds. The van der Waals surface area contributed by atoms with Crippen molar-refractivity contribution in [2.45, 2.75) is 43.2 Å². The number of thiazole rings is 1. The van der Waals surface area contributed by atoms with E-state index in [1.807, 2.05) is 0 Å². The van der Waals surface area contributed by atoms with E-state index in [1.165, 1.54) is 25.7 Å². The van der Waals surface area contributed by atoms with E-state index in [1.54, 1.807) is 6.92 Å². The molecule has 0 aromatic carbocycles. The van der Waals surface area contributed by atoms with Gasteiger partial charge in [-0.2, -0.15) is 0 Å². The van der Waals surface area contributed by atoms with Gasteiger partial charge >= 0.3 is 0 Å². The van der Waals surface area contributed by atoms with Crippen molar-refractivity contribution in [1.82, 2.24) is 9.71 Å². The summed E-state index contributed by atoms with van der Waals surface area (Å²) in [6, 6.07) is 0. The van der Waals surface area contributed by atoms with Crippen molar-refractivity contribution in [3.8, 4) is 0 Å². The number of halogens is 1. The third kappa shape index (κ3) is 3.44. The summed E-state index contributed by atoms with van der Waals surface area (Å²) in [5.74, 6) is 0.679. The van der Waals surface area contributed by atoms with Crippen molar-refractivity contribution in [1.29, 1.82) is 0 Å². The van der Waals surface area contributed by atoms with Crippen molar-refractivity contribution in [3.05, 3.63) is 10.2 Å². The topological polar surface area (TPSA) is 59.1 Å². The van der Waals surface area contributed by atoms with Crippen LogP contribution in [0.1, 0.15) is 37.8 Å². The maximum atomic E-state index is 12.0. The number of nitrogens with zero attached hydrogens (tertiary/aromatic N) is 1. The molecule has 0 atom stereocenters. The molecule has 1 aromatic heterocycles. The molecule has 0 spiro atoms. The lowest BCUT2D eigenvalue weighted by Gasteiger charge is -2.09. The van der Waals surface area contributed by atoms with Crippen molar-refractivity contribution < 1.29 is 8.42 Å². The van der Waals surface area contributed by atoms with Crippen LogP contribution in [0.3, 0.4) is 0 Å². The van der Waals surface area contributed by atoms with E-state index in [0.29, 0.717) is 18.2 Å². The Balaban J connectivity index is 1.93. The van der Waals surface area contributed by atoms with Gasteiger partial charge in [-0.05, 0) is 19.3 Å². The monoisotopic (exact) mass is 308 g/mol. The lowest BCUT2D eigenvalue weighted by atomic mass is 10.1. The van der Waals surface area contributed by atoms with E-state index in [-0.39, 0.29) is 8.68 Å². The first-order valence-electron chi connectivity index (χ1n) is 6.11. The van der Waals surface area contributed by atoms with E-state index < -0.39 is 10.0 Å². The molecular weight excluding hydrogens is 292 g/mol. The fourth-order valence-electron chi connectivity index (χ4n) is 2.36. The molecule has 1 heterocycles. The van der Waals surface area contributed by atoms with Crippen molar-refractivity contribution in [2.75, 3.05) is 6.54 Å². The minimum atomic E-state index is -3.44. The first kappa shape index (κ1) is 14.2. The summed E-state index contributed by atoms with van der Waals surface area (Å²) < 4.78 is 27.2. The summed E-state index contributed by atoms with van der Waals surface area (Å²) in [7, 11) is -3.44. The average molecular weight is 309 g/mol. The molecule has 18 heavy (non-hydrogen) atoms. The molecule has 2 rings (SSSR count). The molecule has 1 aliphatic rings. The number of sulfonamides is 1. The fourth-order valence-corrected chi connectivity index (χ4v) is 5.19. The zero-order valence-electron chi connectivity index (χ0n) is 10.3. The Hall–Kier alpha value is -0.170. The van der Waals surface area contributed by atoms with Crippen molar-refractivity contribution in [2.24, 2.45) is 5.92 Å². The Morgan fingerprint density at radius 2 is 2.11 bits per heavy atom. The van der Waals surface area contributed by atoms with Crippen LogP contribution in [0.2, 0.25) is 4.47 Å². The van der Waals surface area contributed by atoms with Gasteiger partial charge in [0.2, 0.25) is 0 Å². The minimum absolute atomic E-state index is 0.235. The van der Waals surface area contributed by atoms with Gasteiger partial charge in [0.15, 0.2) is 8.68 Å². The second kappa shape index (κ2) is 5.86. The van der Waals surface area contributed by atoms with E-state index in [0.717, 1.165) is 17.8 Å². The van der Waals surface area contributed by atoms with Crippen LogP contribution in [-0.2, 0) is 10.0 Å². The highest BCUT2D eigenvalue weighted by Gasteiger charge is 2.22. The molecule has 0 bridgehead atoms. The zero-order chi connectivity index (χ0) is 13.2. The highest BCUT2D eigenvalue weighted by molar-refractivity contribution is 7.91. The molecule has 1 fully saturated rings. The van der Waals surface area contributed by atoms with E-state index >= 15 is 0 Å². The number of hydrogen-bond acceptors (Lipinski definition) is 4. The quantitative estimate of drug-likeness (QED) is 0.909. The molecule has 102 valence electrons. The minimum Gasteiger partial charge on any atom is -0.229 e. The van der Waals surface area contributed by atoms with E-state index in [2.05, 4.69) is 9.71 Å². The fraction of sp³-hybridized carbons (Fsp3) is 0.727. The van der Waals surface area contributed by atoms with Crippen LogP contribution in [0.4, 0.5) is 0 Å². The molecule has 7 heteroatoms. The van der Waals surface area contributed by atoms with Crippen LogP contribution in [0.5, 0.6) is 0 Å². The second-order valence-electron chi connectivity index (χ2n) is 4.68. The van der Waals surface area contributed by atoms with Gasteiger partial charge < -0.3 is 0 Å². The molecule has 1 aromatic rings. The van der Waals surface area contributed by atoms with E-state index in [4.69, 9.17) is 11.6 Å². The summed E-state index contributed by atoms with van der Waals surface area (Å²) in [4.78, 5) is 3.93. The maximum absolute atomic E-state index is 12.0. The highest BCUT2D eigenvalue weighted by Crippen LogP contribution is 2.28. The van der Waals surface area contributed by atoms with Crippen LogP contribution in [0.25, 0.3) is 0 Å². The molecule has 4 nitrogen and oxygen atoms in total. The second-order valence-corrected chi connectivity index (χ2v) is 8.22. The number of rotatable bonds is 5. The SMILES string of the molecule is Cc1nc(Cl)sc1S(=O)(=O)NCCC1CCCC1. The van der Waals surface area contributed by atoms with Gasteiger partial charge in [0.25, 0.3) is 10.0 Å². The normalized spacial score (nSPS) is 17.4. The molecule has 0 saturated heterocycles. The summed E-state index contributed by atoms with van der Waals surface area (Å²) >= 11 is 6.73. The van der Waals surface area contributed by atoms with Crippen molar-refractivity contribution >= 4 is 33.0 Å². The lowest BCUT2D eigenvalue weighted by Crippen LogP contribution is -2.25. The summed E-state index contributed by atoms with van der Waals surface area (Å²) in [6.45, 7) is 2.16. The number of aromatic nitrogens is 1. The van der Waals surface area contributed by atoms with Crippen LogP contribution < -0.4 is 4.72 Å². The van der Waals surface area contributed by atoms with Crippen LogP contribution in [0.15, 0.2) is 4.21 Å².